The smallest absolute Gasteiger partial charge is 0.0271 e. The summed E-state index contributed by atoms with van der Waals surface area (Å²) < 4.78 is 0. The zero-order valence-electron chi connectivity index (χ0n) is 5.66. The monoisotopic (exact) mass is 257 g/mol. The maximum absolute atomic E-state index is 3.53. The summed E-state index contributed by atoms with van der Waals surface area (Å²) in [6.07, 6.45) is 2.67. The summed E-state index contributed by atoms with van der Waals surface area (Å²) in [7, 11) is 0. The first-order chi connectivity index (χ1) is 4.39. The second-order valence-electron chi connectivity index (χ2n) is 1.94. The summed E-state index contributed by atoms with van der Waals surface area (Å²) >= 11 is 6.46. The summed E-state index contributed by atoms with van der Waals surface area (Å²) in [6.45, 7) is 2.36. The first kappa shape index (κ1) is 9.92. The van der Waals surface area contributed by atoms with Crippen molar-refractivity contribution in [2.75, 3.05) is 18.9 Å². The molecular weight excluding hydrogens is 246 g/mol. The maximum atomic E-state index is 3.53. The van der Waals surface area contributed by atoms with Gasteiger partial charge in [0, 0.05) is 11.4 Å². The third-order valence-corrected chi connectivity index (χ3v) is 2.02. The van der Waals surface area contributed by atoms with Crippen LogP contribution in [-0.4, -0.2) is 23.7 Å². The minimum absolute atomic E-state index is 0.737. The molecule has 56 valence electrons. The number of alkyl halides is 2. The Morgan fingerprint density at radius 3 is 2.33 bits per heavy atom. The Morgan fingerprint density at radius 2 is 2.11 bits per heavy atom. The number of halogens is 2. The van der Waals surface area contributed by atoms with Crippen LogP contribution in [0.4, 0.5) is 0 Å². The zero-order valence-corrected chi connectivity index (χ0v) is 8.83. The predicted octanol–water partition coefficient (Wildman–Crippen LogP) is 2.14. The topological polar surface area (TPSA) is 12.0 Å². The molecule has 0 spiro atoms. The van der Waals surface area contributed by atoms with E-state index in [1.807, 2.05) is 5.83 Å². The second kappa shape index (κ2) is 7.03. The van der Waals surface area contributed by atoms with Crippen LogP contribution in [0.3, 0.4) is 0 Å². The molecule has 0 aliphatic carbocycles. The standard InChI is InChI=1S/C5H10BrN.CH3Br/c6-5-2-1-3-7-4-5;1-2/h5,7H,1-4H2;1H3. The van der Waals surface area contributed by atoms with Gasteiger partial charge in [0.15, 0.2) is 0 Å². The first-order valence-corrected chi connectivity index (χ1v) is 5.62. The number of hydrogen-bond donors (Lipinski definition) is 1. The fourth-order valence-corrected chi connectivity index (χ4v) is 1.36. The Kier molecular flexibility index (Phi) is 7.75. The third-order valence-electron chi connectivity index (χ3n) is 1.24. The molecule has 9 heavy (non-hydrogen) atoms. The Labute approximate surface area is 73.8 Å². The molecule has 1 saturated heterocycles. The van der Waals surface area contributed by atoms with Crippen LogP contribution in [0.25, 0.3) is 0 Å². The second-order valence-corrected chi connectivity index (χ2v) is 3.24. The van der Waals surface area contributed by atoms with Crippen LogP contribution in [-0.2, 0) is 0 Å². The SMILES string of the molecule is BrC1CCCNC1.CBr. The molecule has 1 aliphatic heterocycles. The van der Waals surface area contributed by atoms with Crippen molar-refractivity contribution in [2.24, 2.45) is 0 Å². The van der Waals surface area contributed by atoms with Gasteiger partial charge in [-0.1, -0.05) is 31.9 Å². The molecule has 3 heteroatoms. The highest BCUT2D eigenvalue weighted by Gasteiger charge is 2.06. The molecule has 1 atom stereocenters. The van der Waals surface area contributed by atoms with Crippen LogP contribution in [0.5, 0.6) is 0 Å². The molecule has 0 bridgehead atoms. The molecule has 1 unspecified atom stereocenters. The van der Waals surface area contributed by atoms with Gasteiger partial charge in [0.2, 0.25) is 0 Å². The Bertz CT molecular complexity index is 53.0. The fourth-order valence-electron chi connectivity index (χ4n) is 0.809. The number of rotatable bonds is 0. The highest BCUT2D eigenvalue weighted by molar-refractivity contribution is 9.09. The van der Waals surface area contributed by atoms with Gasteiger partial charge in [0.05, 0.1) is 0 Å². The van der Waals surface area contributed by atoms with E-state index < -0.39 is 0 Å². The minimum atomic E-state index is 0.737. The maximum Gasteiger partial charge on any atom is 0.0271 e. The lowest BCUT2D eigenvalue weighted by Gasteiger charge is -2.15. The average molecular weight is 259 g/mol. The van der Waals surface area contributed by atoms with Crippen molar-refractivity contribution < 1.29 is 0 Å². The van der Waals surface area contributed by atoms with Gasteiger partial charge < -0.3 is 5.32 Å². The van der Waals surface area contributed by atoms with E-state index in [1.165, 1.54) is 19.4 Å². The first-order valence-electron chi connectivity index (χ1n) is 3.12. The lowest BCUT2D eigenvalue weighted by Crippen LogP contribution is -2.29. The Hall–Kier alpha value is 0.920. The molecule has 0 saturated carbocycles. The van der Waals surface area contributed by atoms with Crippen LogP contribution in [0, 0.1) is 0 Å². The lowest BCUT2D eigenvalue weighted by atomic mass is 10.2. The molecule has 1 fully saturated rings. The van der Waals surface area contributed by atoms with Gasteiger partial charge >= 0.3 is 0 Å². The van der Waals surface area contributed by atoms with E-state index in [2.05, 4.69) is 37.2 Å². The molecule has 1 nitrogen and oxygen atoms in total. The summed E-state index contributed by atoms with van der Waals surface area (Å²) in [5.41, 5.74) is 0. The van der Waals surface area contributed by atoms with Crippen LogP contribution in [0.1, 0.15) is 12.8 Å². The molecule has 0 aromatic rings. The van der Waals surface area contributed by atoms with E-state index >= 15 is 0 Å². The largest absolute Gasteiger partial charge is 0.316 e. The van der Waals surface area contributed by atoms with Crippen molar-refractivity contribution in [1.82, 2.24) is 5.32 Å². The molecular formula is C6H13Br2N. The molecule has 0 aromatic heterocycles. The van der Waals surface area contributed by atoms with Crippen molar-refractivity contribution in [3.8, 4) is 0 Å². The van der Waals surface area contributed by atoms with Gasteiger partial charge in [-0.2, -0.15) is 0 Å². The fraction of sp³-hybridized carbons (Fsp3) is 1.00. The van der Waals surface area contributed by atoms with Crippen LogP contribution in [0.15, 0.2) is 0 Å². The molecule has 0 radical (unpaired) electrons. The summed E-state index contributed by atoms with van der Waals surface area (Å²) in [5, 5.41) is 3.29. The minimum Gasteiger partial charge on any atom is -0.316 e. The van der Waals surface area contributed by atoms with E-state index in [0.717, 1.165) is 11.4 Å². The van der Waals surface area contributed by atoms with Crippen molar-refractivity contribution in [1.29, 1.82) is 0 Å². The van der Waals surface area contributed by atoms with Gasteiger partial charge in [0.1, 0.15) is 0 Å². The van der Waals surface area contributed by atoms with Gasteiger partial charge in [-0.25, -0.2) is 0 Å². The Morgan fingerprint density at radius 1 is 1.44 bits per heavy atom. The highest BCUT2D eigenvalue weighted by atomic mass is 79.9. The summed E-state index contributed by atoms with van der Waals surface area (Å²) in [4.78, 5) is 0.737. The van der Waals surface area contributed by atoms with E-state index in [1.54, 1.807) is 0 Å². The van der Waals surface area contributed by atoms with E-state index in [4.69, 9.17) is 0 Å². The third kappa shape index (κ3) is 5.37. The molecule has 1 aliphatic rings. The summed E-state index contributed by atoms with van der Waals surface area (Å²) in [5.74, 6) is 1.81. The highest BCUT2D eigenvalue weighted by Crippen LogP contribution is 2.09. The van der Waals surface area contributed by atoms with Crippen molar-refractivity contribution in [2.45, 2.75) is 17.7 Å². The van der Waals surface area contributed by atoms with Crippen molar-refractivity contribution in [3.05, 3.63) is 0 Å². The molecule has 0 amide bonds. The van der Waals surface area contributed by atoms with Gasteiger partial charge in [-0.3, -0.25) is 0 Å². The number of nitrogens with one attached hydrogen (secondary N) is 1. The summed E-state index contributed by atoms with van der Waals surface area (Å²) in [6, 6.07) is 0. The predicted molar refractivity (Wildman–Crippen MR) is 49.7 cm³/mol. The molecule has 1 N–H and O–H groups in total. The van der Waals surface area contributed by atoms with Crippen LogP contribution in [0.2, 0.25) is 0 Å². The van der Waals surface area contributed by atoms with Crippen molar-refractivity contribution >= 4 is 31.9 Å². The van der Waals surface area contributed by atoms with E-state index in [9.17, 15) is 0 Å². The Balaban J connectivity index is 0.000000291. The van der Waals surface area contributed by atoms with E-state index in [-0.39, 0.29) is 0 Å². The molecule has 0 aromatic carbocycles. The average Bonchev–Trinajstić information content (AvgIpc) is 1.94. The number of piperidine rings is 1. The lowest BCUT2D eigenvalue weighted by molar-refractivity contribution is 0.536. The van der Waals surface area contributed by atoms with Crippen LogP contribution >= 0.6 is 31.9 Å². The van der Waals surface area contributed by atoms with Crippen molar-refractivity contribution in [3.63, 3.8) is 0 Å². The zero-order chi connectivity index (χ0) is 7.11. The molecule has 1 rings (SSSR count). The van der Waals surface area contributed by atoms with Gasteiger partial charge in [0.25, 0.3) is 0 Å². The number of hydrogen-bond acceptors (Lipinski definition) is 1. The van der Waals surface area contributed by atoms with Crippen LogP contribution < -0.4 is 5.32 Å². The van der Waals surface area contributed by atoms with E-state index in [0.29, 0.717) is 0 Å². The normalized spacial score (nSPS) is 26.3. The van der Waals surface area contributed by atoms with Gasteiger partial charge in [-0.15, -0.1) is 0 Å². The van der Waals surface area contributed by atoms with Gasteiger partial charge in [-0.05, 0) is 25.2 Å². The molecule has 1 heterocycles. The quantitative estimate of drug-likeness (QED) is 0.657.